The predicted molar refractivity (Wildman–Crippen MR) is 45.8 cm³/mol. The van der Waals surface area contributed by atoms with E-state index in [4.69, 9.17) is 11.6 Å². The van der Waals surface area contributed by atoms with Gasteiger partial charge in [-0.15, -0.1) is 0 Å². The highest BCUT2D eigenvalue weighted by Crippen LogP contribution is 2.18. The normalized spacial score (nSPS) is 11.7. The Kier molecular flexibility index (Phi) is 4.92. The van der Waals surface area contributed by atoms with Crippen molar-refractivity contribution >= 4 is 39.5 Å². The molecule has 0 radical (unpaired) electrons. The third-order valence-electron chi connectivity index (χ3n) is 0.922. The maximum Gasteiger partial charge on any atom is 0.350 e. The molecule has 0 N–H and O–H groups in total. The largest absolute Gasteiger partial charge is 0.465 e. The van der Waals surface area contributed by atoms with E-state index in [1.807, 2.05) is 0 Å². The quantitative estimate of drug-likeness (QED) is 0.550. The molecule has 0 aromatic heterocycles. The molecule has 12 heavy (non-hydrogen) atoms. The van der Waals surface area contributed by atoms with Crippen LogP contribution >= 0.6 is 27.5 Å². The van der Waals surface area contributed by atoms with E-state index in [1.165, 1.54) is 7.11 Å². The summed E-state index contributed by atoms with van der Waals surface area (Å²) < 4.78 is 8.40. The van der Waals surface area contributed by atoms with Crippen LogP contribution in [-0.2, 0) is 19.1 Å². The summed E-state index contributed by atoms with van der Waals surface area (Å²) in [7, 11) is 2.33. The first-order chi connectivity index (χ1) is 5.54. The monoisotopic (exact) mass is 256 g/mol. The van der Waals surface area contributed by atoms with E-state index < -0.39 is 11.9 Å². The molecule has 0 saturated heterocycles. The van der Waals surface area contributed by atoms with Crippen molar-refractivity contribution in [2.75, 3.05) is 14.2 Å². The third-order valence-corrected chi connectivity index (χ3v) is 2.21. The van der Waals surface area contributed by atoms with Gasteiger partial charge in [-0.3, -0.25) is 0 Å². The standard InChI is InChI=1S/C6H6BrClO4/c1-11-5(9)3(7)4(8)6(10)12-2/h1-2H3. The lowest BCUT2D eigenvalue weighted by atomic mass is 10.5. The highest BCUT2D eigenvalue weighted by Gasteiger charge is 2.17. The molecule has 0 aliphatic heterocycles. The minimum atomic E-state index is -0.797. The number of methoxy groups -OCH3 is 2. The second kappa shape index (κ2) is 5.16. The molecular weight excluding hydrogens is 251 g/mol. The average molecular weight is 257 g/mol. The number of rotatable bonds is 2. The molecule has 6 heteroatoms. The molecule has 0 unspecified atom stereocenters. The van der Waals surface area contributed by atoms with Crippen molar-refractivity contribution in [2.24, 2.45) is 0 Å². The van der Waals surface area contributed by atoms with Crippen LogP contribution < -0.4 is 0 Å². The molecule has 4 nitrogen and oxygen atoms in total. The topological polar surface area (TPSA) is 52.6 Å². The minimum Gasteiger partial charge on any atom is -0.465 e. The first-order valence-corrected chi connectivity index (χ1v) is 3.93. The summed E-state index contributed by atoms with van der Waals surface area (Å²) in [6.07, 6.45) is 0. The fourth-order valence-electron chi connectivity index (χ4n) is 0.358. The van der Waals surface area contributed by atoms with Crippen LogP contribution in [0, 0.1) is 0 Å². The first-order valence-electron chi connectivity index (χ1n) is 2.76. The second-order valence-electron chi connectivity index (χ2n) is 1.61. The minimum absolute atomic E-state index is 0.154. The van der Waals surface area contributed by atoms with E-state index in [0.29, 0.717) is 0 Å². The second-order valence-corrected chi connectivity index (χ2v) is 2.78. The van der Waals surface area contributed by atoms with E-state index in [9.17, 15) is 9.59 Å². The van der Waals surface area contributed by atoms with Crippen LogP contribution in [0.1, 0.15) is 0 Å². The van der Waals surface area contributed by atoms with Gasteiger partial charge in [0.25, 0.3) is 0 Å². The van der Waals surface area contributed by atoms with E-state index in [-0.39, 0.29) is 9.51 Å². The lowest BCUT2D eigenvalue weighted by Crippen LogP contribution is -2.07. The van der Waals surface area contributed by atoms with Crippen molar-refractivity contribution in [3.63, 3.8) is 0 Å². The summed E-state index contributed by atoms with van der Waals surface area (Å²) >= 11 is 8.20. The molecule has 0 atom stereocenters. The number of hydrogen-bond acceptors (Lipinski definition) is 4. The van der Waals surface area contributed by atoms with Crippen molar-refractivity contribution in [3.05, 3.63) is 9.51 Å². The van der Waals surface area contributed by atoms with Gasteiger partial charge in [-0.1, -0.05) is 11.6 Å². The Hall–Kier alpha value is -0.550. The molecule has 0 amide bonds. The summed E-state index contributed by atoms with van der Waals surface area (Å²) in [5, 5.41) is -0.343. The molecule has 0 aliphatic carbocycles. The van der Waals surface area contributed by atoms with Crippen LogP contribution in [0.5, 0.6) is 0 Å². The van der Waals surface area contributed by atoms with E-state index in [2.05, 4.69) is 25.4 Å². The van der Waals surface area contributed by atoms with Crippen LogP contribution in [-0.4, -0.2) is 26.2 Å². The fraction of sp³-hybridized carbons (Fsp3) is 0.333. The van der Waals surface area contributed by atoms with Crippen molar-refractivity contribution in [2.45, 2.75) is 0 Å². The number of ether oxygens (including phenoxy) is 2. The van der Waals surface area contributed by atoms with Gasteiger partial charge in [-0.05, 0) is 15.9 Å². The maximum absolute atomic E-state index is 10.8. The molecule has 0 heterocycles. The maximum atomic E-state index is 10.8. The lowest BCUT2D eigenvalue weighted by Gasteiger charge is -1.99. The molecule has 0 bridgehead atoms. The molecule has 68 valence electrons. The van der Waals surface area contributed by atoms with Crippen molar-refractivity contribution < 1.29 is 19.1 Å². The van der Waals surface area contributed by atoms with Gasteiger partial charge in [0.05, 0.1) is 14.2 Å². The number of esters is 2. The predicted octanol–water partition coefficient (Wildman–Crippen LogP) is 1.18. The Bertz CT molecular complexity index is 212. The SMILES string of the molecule is COC(=O)C(Cl)=C(Br)C(=O)OC. The zero-order valence-corrected chi connectivity index (χ0v) is 8.73. The highest BCUT2D eigenvalue weighted by molar-refractivity contribution is 9.12. The summed E-state index contributed by atoms with van der Waals surface area (Å²) in [4.78, 5) is 21.5. The molecule has 0 saturated carbocycles. The number of carbonyl (C=O) groups is 2. The van der Waals surface area contributed by atoms with E-state index in [1.54, 1.807) is 0 Å². The van der Waals surface area contributed by atoms with Gasteiger partial charge < -0.3 is 9.47 Å². The molecular formula is C6H6BrClO4. The first kappa shape index (κ1) is 11.4. The fourth-order valence-corrected chi connectivity index (χ4v) is 0.836. The van der Waals surface area contributed by atoms with Crippen molar-refractivity contribution in [3.8, 4) is 0 Å². The van der Waals surface area contributed by atoms with Gasteiger partial charge in [-0.25, -0.2) is 9.59 Å². The zero-order valence-electron chi connectivity index (χ0n) is 6.39. The molecule has 0 aromatic rings. The molecule has 0 fully saturated rings. The van der Waals surface area contributed by atoms with Gasteiger partial charge in [0, 0.05) is 0 Å². The number of carbonyl (C=O) groups excluding carboxylic acids is 2. The Morgan fingerprint density at radius 2 is 1.58 bits per heavy atom. The van der Waals surface area contributed by atoms with Gasteiger partial charge >= 0.3 is 11.9 Å². The van der Waals surface area contributed by atoms with Gasteiger partial charge in [-0.2, -0.15) is 0 Å². The van der Waals surface area contributed by atoms with E-state index >= 15 is 0 Å². The summed E-state index contributed by atoms with van der Waals surface area (Å²) in [5.41, 5.74) is 0. The van der Waals surface area contributed by atoms with Crippen molar-refractivity contribution in [1.29, 1.82) is 0 Å². The van der Waals surface area contributed by atoms with Crippen LogP contribution in [0.15, 0.2) is 9.51 Å². The van der Waals surface area contributed by atoms with Gasteiger partial charge in [0.1, 0.15) is 9.51 Å². The Morgan fingerprint density at radius 3 is 1.92 bits per heavy atom. The van der Waals surface area contributed by atoms with Crippen molar-refractivity contribution in [1.82, 2.24) is 0 Å². The Labute approximate surface area is 82.6 Å². The van der Waals surface area contributed by atoms with Crippen LogP contribution in [0.2, 0.25) is 0 Å². The molecule has 0 aliphatic rings. The molecule has 0 rings (SSSR count). The van der Waals surface area contributed by atoms with Crippen LogP contribution in [0.25, 0.3) is 0 Å². The van der Waals surface area contributed by atoms with Gasteiger partial charge in [0.15, 0.2) is 0 Å². The number of halogens is 2. The third kappa shape index (κ3) is 2.83. The Morgan fingerprint density at radius 1 is 1.17 bits per heavy atom. The smallest absolute Gasteiger partial charge is 0.350 e. The lowest BCUT2D eigenvalue weighted by molar-refractivity contribution is -0.138. The van der Waals surface area contributed by atoms with Crippen LogP contribution in [0.4, 0.5) is 0 Å². The summed E-state index contributed by atoms with van der Waals surface area (Å²) in [6.45, 7) is 0. The number of hydrogen-bond donors (Lipinski definition) is 0. The average Bonchev–Trinajstić information content (AvgIpc) is 2.12. The zero-order chi connectivity index (χ0) is 9.72. The molecule has 0 spiro atoms. The Balaban J connectivity index is 4.68. The highest BCUT2D eigenvalue weighted by atomic mass is 79.9. The molecule has 0 aromatic carbocycles. The summed E-state index contributed by atoms with van der Waals surface area (Å²) in [6, 6.07) is 0. The van der Waals surface area contributed by atoms with Crippen LogP contribution in [0.3, 0.4) is 0 Å². The van der Waals surface area contributed by atoms with Gasteiger partial charge in [0.2, 0.25) is 0 Å². The summed E-state index contributed by atoms with van der Waals surface area (Å²) in [5.74, 6) is -1.53. The van der Waals surface area contributed by atoms with E-state index in [0.717, 1.165) is 7.11 Å².